The van der Waals surface area contributed by atoms with E-state index in [-0.39, 0.29) is 12.0 Å². The van der Waals surface area contributed by atoms with E-state index in [0.29, 0.717) is 0 Å². The number of carbonyl (C=O) groups is 1. The van der Waals surface area contributed by atoms with E-state index in [2.05, 4.69) is 32.3 Å². The van der Waals surface area contributed by atoms with Crippen molar-refractivity contribution in [2.75, 3.05) is 6.54 Å². The topological polar surface area (TPSA) is 29.5 Å². The van der Waals surface area contributed by atoms with Crippen LogP contribution in [0.4, 0.5) is 0 Å². The molecule has 1 aromatic rings. The van der Waals surface area contributed by atoms with Gasteiger partial charge in [0.25, 0.3) is 0 Å². The van der Waals surface area contributed by atoms with Crippen LogP contribution < -0.4 is 0 Å². The van der Waals surface area contributed by atoms with E-state index >= 15 is 0 Å². The molecule has 0 aromatic carbocycles. The molecule has 0 spiro atoms. The van der Waals surface area contributed by atoms with Crippen molar-refractivity contribution >= 4 is 33.2 Å². The summed E-state index contributed by atoms with van der Waals surface area (Å²) in [6, 6.07) is 1.96. The van der Waals surface area contributed by atoms with Gasteiger partial charge in [-0.1, -0.05) is 0 Å². The number of esters is 1. The molecule has 0 bridgehead atoms. The fourth-order valence-corrected chi connectivity index (χ4v) is 3.78. The average Bonchev–Trinajstić information content (AvgIpc) is 2.87. The zero-order valence-corrected chi connectivity index (χ0v) is 14.0. The third-order valence-electron chi connectivity index (χ3n) is 3.08. The van der Waals surface area contributed by atoms with Crippen molar-refractivity contribution in [1.29, 1.82) is 0 Å². The molecule has 3 nitrogen and oxygen atoms in total. The van der Waals surface area contributed by atoms with E-state index in [1.807, 2.05) is 20.8 Å². The highest BCUT2D eigenvalue weighted by Crippen LogP contribution is 2.28. The normalized spacial score (nSPS) is 20.7. The van der Waals surface area contributed by atoms with Crippen molar-refractivity contribution in [2.45, 2.75) is 51.8 Å². The van der Waals surface area contributed by atoms with Gasteiger partial charge in [-0.15, -0.1) is 11.3 Å². The molecule has 1 aromatic heterocycles. The molecule has 2 rings (SSSR count). The molecule has 0 saturated carbocycles. The van der Waals surface area contributed by atoms with Crippen molar-refractivity contribution in [1.82, 2.24) is 4.90 Å². The molecule has 1 aliphatic heterocycles. The first-order chi connectivity index (χ1) is 8.87. The van der Waals surface area contributed by atoms with Gasteiger partial charge in [0.05, 0.1) is 0 Å². The highest BCUT2D eigenvalue weighted by molar-refractivity contribution is 9.10. The summed E-state index contributed by atoms with van der Waals surface area (Å²) in [6.07, 6.45) is 1.96. The van der Waals surface area contributed by atoms with Crippen LogP contribution in [0.2, 0.25) is 0 Å². The van der Waals surface area contributed by atoms with E-state index in [9.17, 15) is 4.79 Å². The number of ether oxygens (including phenoxy) is 1. The van der Waals surface area contributed by atoms with Crippen LogP contribution in [-0.2, 0) is 16.1 Å². The number of hydrogen-bond donors (Lipinski definition) is 0. The number of nitrogens with zero attached hydrogens (tertiary/aromatic N) is 1. The fraction of sp³-hybridized carbons (Fsp3) is 0.643. The zero-order valence-electron chi connectivity index (χ0n) is 11.6. The predicted octanol–water partition coefficient (Wildman–Crippen LogP) is 3.82. The Morgan fingerprint density at radius 2 is 2.32 bits per heavy atom. The van der Waals surface area contributed by atoms with Gasteiger partial charge in [-0.25, -0.2) is 0 Å². The van der Waals surface area contributed by atoms with E-state index in [0.717, 1.165) is 30.4 Å². The molecule has 5 heteroatoms. The molecule has 1 fully saturated rings. The van der Waals surface area contributed by atoms with Crippen LogP contribution in [0.1, 0.15) is 38.5 Å². The summed E-state index contributed by atoms with van der Waals surface area (Å²) in [7, 11) is 0. The zero-order chi connectivity index (χ0) is 14.0. The third-order valence-corrected chi connectivity index (χ3v) is 4.99. The highest BCUT2D eigenvalue weighted by Gasteiger charge is 2.34. The van der Waals surface area contributed by atoms with Gasteiger partial charge < -0.3 is 4.74 Å². The Balaban J connectivity index is 2.01. The Bertz CT molecular complexity index is 453. The number of carbonyl (C=O) groups excluding carboxylic acids is 1. The van der Waals surface area contributed by atoms with E-state index in [1.54, 1.807) is 11.3 Å². The van der Waals surface area contributed by atoms with Crippen LogP contribution in [0.25, 0.3) is 0 Å². The second kappa shape index (κ2) is 5.94. The van der Waals surface area contributed by atoms with Crippen molar-refractivity contribution in [3.63, 3.8) is 0 Å². The van der Waals surface area contributed by atoms with Gasteiger partial charge in [-0.05, 0) is 67.5 Å². The SMILES string of the molecule is CC(C)(C)OC(=O)[C@H]1CCCN1Cc1sccc1Br. The van der Waals surface area contributed by atoms with Crippen molar-refractivity contribution in [2.24, 2.45) is 0 Å². The summed E-state index contributed by atoms with van der Waals surface area (Å²) in [5.41, 5.74) is -0.408. The number of halogens is 1. The van der Waals surface area contributed by atoms with Crippen LogP contribution in [-0.4, -0.2) is 29.1 Å². The molecule has 0 unspecified atom stereocenters. The molecule has 1 aliphatic rings. The molecule has 1 saturated heterocycles. The lowest BCUT2D eigenvalue weighted by atomic mass is 10.1. The third kappa shape index (κ3) is 4.04. The van der Waals surface area contributed by atoms with Gasteiger partial charge in [0.2, 0.25) is 0 Å². The second-order valence-corrected chi connectivity index (χ2v) is 7.71. The first-order valence-electron chi connectivity index (χ1n) is 6.55. The number of hydrogen-bond acceptors (Lipinski definition) is 4. The first-order valence-corrected chi connectivity index (χ1v) is 8.23. The Hall–Kier alpha value is -0.390. The van der Waals surface area contributed by atoms with Crippen LogP contribution in [0.3, 0.4) is 0 Å². The van der Waals surface area contributed by atoms with Crippen LogP contribution in [0, 0.1) is 0 Å². The van der Waals surface area contributed by atoms with Gasteiger partial charge >= 0.3 is 5.97 Å². The summed E-state index contributed by atoms with van der Waals surface area (Å²) in [4.78, 5) is 15.7. The molecule has 0 amide bonds. The van der Waals surface area contributed by atoms with E-state index in [4.69, 9.17) is 4.74 Å². The number of likely N-dealkylation sites (tertiary alicyclic amines) is 1. The van der Waals surface area contributed by atoms with Gasteiger partial charge in [0.1, 0.15) is 11.6 Å². The molecule has 19 heavy (non-hydrogen) atoms. The molecule has 0 N–H and O–H groups in total. The smallest absolute Gasteiger partial charge is 0.323 e. The molecule has 2 heterocycles. The molecule has 0 aliphatic carbocycles. The van der Waals surface area contributed by atoms with E-state index in [1.165, 1.54) is 4.88 Å². The maximum atomic E-state index is 12.2. The Morgan fingerprint density at radius 3 is 2.89 bits per heavy atom. The molecule has 1 atom stereocenters. The van der Waals surface area contributed by atoms with Crippen LogP contribution in [0.5, 0.6) is 0 Å². The molecular weight excluding hydrogens is 326 g/mol. The maximum Gasteiger partial charge on any atom is 0.323 e. The fourth-order valence-electron chi connectivity index (χ4n) is 2.27. The minimum Gasteiger partial charge on any atom is -0.459 e. The number of rotatable bonds is 3. The van der Waals surface area contributed by atoms with Crippen molar-refractivity contribution in [3.05, 3.63) is 20.8 Å². The lowest BCUT2D eigenvalue weighted by molar-refractivity contribution is -0.160. The van der Waals surface area contributed by atoms with Crippen LogP contribution >= 0.6 is 27.3 Å². The summed E-state index contributed by atoms with van der Waals surface area (Å²) in [6.45, 7) is 7.54. The van der Waals surface area contributed by atoms with Crippen LogP contribution in [0.15, 0.2) is 15.9 Å². The highest BCUT2D eigenvalue weighted by atomic mass is 79.9. The van der Waals surface area contributed by atoms with Gasteiger partial charge in [-0.3, -0.25) is 9.69 Å². The lowest BCUT2D eigenvalue weighted by Gasteiger charge is -2.27. The Kier molecular flexibility index (Phi) is 4.69. The van der Waals surface area contributed by atoms with Gasteiger partial charge in [0, 0.05) is 15.9 Å². The summed E-state index contributed by atoms with van der Waals surface area (Å²) in [5, 5.41) is 2.07. The monoisotopic (exact) mass is 345 g/mol. The minimum atomic E-state index is -0.408. The maximum absolute atomic E-state index is 12.2. The average molecular weight is 346 g/mol. The summed E-state index contributed by atoms with van der Waals surface area (Å²) >= 11 is 5.27. The van der Waals surface area contributed by atoms with Crippen molar-refractivity contribution in [3.8, 4) is 0 Å². The molecular formula is C14H20BrNO2S. The minimum absolute atomic E-state index is 0.0855. The van der Waals surface area contributed by atoms with Crippen molar-refractivity contribution < 1.29 is 9.53 Å². The lowest BCUT2D eigenvalue weighted by Crippen LogP contribution is -2.40. The summed E-state index contributed by atoms with van der Waals surface area (Å²) in [5.74, 6) is -0.0855. The molecule has 106 valence electrons. The van der Waals surface area contributed by atoms with Gasteiger partial charge in [0.15, 0.2) is 0 Å². The van der Waals surface area contributed by atoms with Gasteiger partial charge in [-0.2, -0.15) is 0 Å². The second-order valence-electron chi connectivity index (χ2n) is 5.85. The Labute approximate surface area is 127 Å². The quantitative estimate of drug-likeness (QED) is 0.780. The van der Waals surface area contributed by atoms with E-state index < -0.39 is 5.60 Å². The standard InChI is InChI=1S/C14H20BrNO2S/c1-14(2,3)18-13(17)11-5-4-7-16(11)9-12-10(15)6-8-19-12/h6,8,11H,4-5,7,9H2,1-3H3/t11-/m1/s1. The predicted molar refractivity (Wildman–Crippen MR) is 81.3 cm³/mol. The summed E-state index contributed by atoms with van der Waals surface area (Å²) < 4.78 is 6.64. The number of thiophene rings is 1. The largest absolute Gasteiger partial charge is 0.459 e. The Morgan fingerprint density at radius 1 is 1.58 bits per heavy atom. The molecule has 0 radical (unpaired) electrons. The first kappa shape index (κ1) is 15.0.